The molecule has 0 aliphatic carbocycles. The molecule has 1 aromatic carbocycles. The van der Waals surface area contributed by atoms with Crippen LogP contribution in [0.1, 0.15) is 18.4 Å². The Morgan fingerprint density at radius 3 is 2.68 bits per heavy atom. The van der Waals surface area contributed by atoms with Gasteiger partial charge in [-0.15, -0.1) is 0 Å². The second-order valence-electron chi connectivity index (χ2n) is 7.24. The first-order valence-corrected chi connectivity index (χ1v) is 10.5. The number of carboxylic acid groups (broad SMARTS) is 1. The Bertz CT molecular complexity index is 1140. The largest absolute Gasteiger partial charge is 0.465 e. The second kappa shape index (κ2) is 9.13. The fourth-order valence-electron chi connectivity index (χ4n) is 3.61. The number of hydrogen-bond donors (Lipinski definition) is 3. The van der Waals surface area contributed by atoms with Gasteiger partial charge in [0.25, 0.3) is 0 Å². The van der Waals surface area contributed by atoms with Crippen molar-refractivity contribution in [2.45, 2.75) is 19.4 Å². The van der Waals surface area contributed by atoms with Crippen molar-refractivity contribution < 1.29 is 19.4 Å². The van der Waals surface area contributed by atoms with Crippen LogP contribution in [-0.4, -0.2) is 39.7 Å². The molecule has 2 aromatic heterocycles. The van der Waals surface area contributed by atoms with Crippen LogP contribution in [0.3, 0.4) is 0 Å². The fraction of sp³-hybridized carbons (Fsp3) is 0.286. The van der Waals surface area contributed by atoms with Gasteiger partial charge >= 0.3 is 6.09 Å². The van der Waals surface area contributed by atoms with E-state index >= 15 is 0 Å². The van der Waals surface area contributed by atoms with Gasteiger partial charge in [-0.1, -0.05) is 29.3 Å². The van der Waals surface area contributed by atoms with Crippen molar-refractivity contribution in [3.63, 3.8) is 0 Å². The van der Waals surface area contributed by atoms with Crippen LogP contribution in [0.5, 0.6) is 0 Å². The molecule has 2 amide bonds. The highest BCUT2D eigenvalue weighted by molar-refractivity contribution is 6.36. The summed E-state index contributed by atoms with van der Waals surface area (Å²) in [6.45, 7) is 1.21. The Balaban J connectivity index is 1.74. The summed E-state index contributed by atoms with van der Waals surface area (Å²) in [5, 5.41) is 15.3. The topological polar surface area (TPSA) is 105 Å². The molecule has 162 valence electrons. The summed E-state index contributed by atoms with van der Waals surface area (Å²) in [6.07, 6.45) is 3.59. The number of nitrogens with zero attached hydrogens (tertiary/aromatic N) is 2. The lowest BCUT2D eigenvalue weighted by Crippen LogP contribution is -2.28. The maximum atomic E-state index is 12.7. The van der Waals surface area contributed by atoms with E-state index in [1.165, 1.54) is 0 Å². The molecule has 1 saturated heterocycles. The third-order valence-electron chi connectivity index (χ3n) is 5.23. The average Bonchev–Trinajstić information content (AvgIpc) is 3.14. The molecule has 0 unspecified atom stereocenters. The van der Waals surface area contributed by atoms with Crippen LogP contribution in [0.15, 0.2) is 36.7 Å². The SMILES string of the molecule is O=C(O)NCc1cc2ncc(NC(=O)C3CCOCC3)n2cc1-c1ccc(Cl)cc1Cl. The maximum Gasteiger partial charge on any atom is 0.404 e. The molecule has 0 radical (unpaired) electrons. The van der Waals surface area contributed by atoms with Crippen LogP contribution in [0.2, 0.25) is 10.0 Å². The molecule has 10 heteroatoms. The Labute approximate surface area is 188 Å². The average molecular weight is 463 g/mol. The van der Waals surface area contributed by atoms with Gasteiger partial charge in [-0.05, 0) is 36.6 Å². The van der Waals surface area contributed by atoms with Crippen molar-refractivity contribution in [2.75, 3.05) is 18.5 Å². The number of anilines is 1. The van der Waals surface area contributed by atoms with E-state index < -0.39 is 6.09 Å². The monoisotopic (exact) mass is 462 g/mol. The molecule has 8 nitrogen and oxygen atoms in total. The molecular weight excluding hydrogens is 443 g/mol. The van der Waals surface area contributed by atoms with E-state index in [1.807, 2.05) is 0 Å². The number of fused-ring (bicyclic) bond motifs is 1. The summed E-state index contributed by atoms with van der Waals surface area (Å²) in [7, 11) is 0. The lowest BCUT2D eigenvalue weighted by atomic mass is 9.99. The third kappa shape index (κ3) is 4.76. The summed E-state index contributed by atoms with van der Waals surface area (Å²) < 4.78 is 7.08. The van der Waals surface area contributed by atoms with Crippen molar-refractivity contribution in [3.05, 3.63) is 52.3 Å². The minimum absolute atomic E-state index is 0.0662. The van der Waals surface area contributed by atoms with E-state index in [4.69, 9.17) is 33.0 Å². The first-order valence-electron chi connectivity index (χ1n) is 9.73. The zero-order valence-corrected chi connectivity index (χ0v) is 17.9. The lowest BCUT2D eigenvalue weighted by Gasteiger charge is -2.21. The summed E-state index contributed by atoms with van der Waals surface area (Å²) >= 11 is 12.5. The first kappa shape index (κ1) is 21.4. The van der Waals surface area contributed by atoms with Gasteiger partial charge < -0.3 is 20.5 Å². The van der Waals surface area contributed by atoms with E-state index in [1.54, 1.807) is 41.1 Å². The molecule has 3 N–H and O–H groups in total. The minimum Gasteiger partial charge on any atom is -0.465 e. The number of aromatic nitrogens is 2. The van der Waals surface area contributed by atoms with Crippen molar-refractivity contribution in [1.82, 2.24) is 14.7 Å². The molecule has 0 saturated carbocycles. The summed E-state index contributed by atoms with van der Waals surface area (Å²) in [6, 6.07) is 6.87. The van der Waals surface area contributed by atoms with Crippen molar-refractivity contribution >= 4 is 46.7 Å². The number of hydrogen-bond acceptors (Lipinski definition) is 4. The Kier molecular flexibility index (Phi) is 6.31. The van der Waals surface area contributed by atoms with Crippen molar-refractivity contribution in [1.29, 1.82) is 0 Å². The summed E-state index contributed by atoms with van der Waals surface area (Å²) in [4.78, 5) is 28.1. The highest BCUT2D eigenvalue weighted by Gasteiger charge is 2.23. The van der Waals surface area contributed by atoms with Gasteiger partial charge in [0, 0.05) is 53.0 Å². The highest BCUT2D eigenvalue weighted by Crippen LogP contribution is 2.34. The minimum atomic E-state index is -1.14. The molecule has 4 rings (SSSR count). The van der Waals surface area contributed by atoms with Gasteiger partial charge in [0.05, 0.1) is 6.20 Å². The van der Waals surface area contributed by atoms with Gasteiger partial charge in [-0.2, -0.15) is 0 Å². The first-order chi connectivity index (χ1) is 14.9. The number of rotatable bonds is 5. The van der Waals surface area contributed by atoms with Crippen LogP contribution in [0, 0.1) is 5.92 Å². The lowest BCUT2D eigenvalue weighted by molar-refractivity contribution is -0.122. The number of ether oxygens (including phenoxy) is 1. The number of halogens is 2. The molecule has 1 aliphatic rings. The smallest absolute Gasteiger partial charge is 0.404 e. The number of nitrogens with one attached hydrogen (secondary N) is 2. The Morgan fingerprint density at radius 2 is 1.97 bits per heavy atom. The molecule has 3 aromatic rings. The highest BCUT2D eigenvalue weighted by atomic mass is 35.5. The number of carbonyl (C=O) groups is 2. The summed E-state index contributed by atoms with van der Waals surface area (Å²) in [5.74, 6) is 0.340. The van der Waals surface area contributed by atoms with E-state index in [9.17, 15) is 9.59 Å². The van der Waals surface area contributed by atoms with Gasteiger partial charge in [0.15, 0.2) is 0 Å². The number of amides is 2. The molecule has 0 bridgehead atoms. The molecule has 3 heterocycles. The van der Waals surface area contributed by atoms with E-state index in [2.05, 4.69) is 15.6 Å². The molecule has 1 aliphatic heterocycles. The number of benzene rings is 1. The van der Waals surface area contributed by atoms with E-state index in [-0.39, 0.29) is 18.4 Å². The van der Waals surface area contributed by atoms with E-state index in [0.717, 1.165) is 0 Å². The molecule has 0 atom stereocenters. The van der Waals surface area contributed by atoms with Crippen molar-refractivity contribution in [3.8, 4) is 11.1 Å². The summed E-state index contributed by atoms with van der Waals surface area (Å²) in [5.41, 5.74) is 2.64. The van der Waals surface area contributed by atoms with Gasteiger partial charge in [0.2, 0.25) is 5.91 Å². The van der Waals surface area contributed by atoms with E-state index in [0.29, 0.717) is 64.3 Å². The Hall–Kier alpha value is -2.81. The molecule has 31 heavy (non-hydrogen) atoms. The van der Waals surface area contributed by atoms with Crippen LogP contribution < -0.4 is 10.6 Å². The normalized spacial score (nSPS) is 14.5. The van der Waals surface area contributed by atoms with Crippen LogP contribution in [0.25, 0.3) is 16.8 Å². The van der Waals surface area contributed by atoms with Crippen LogP contribution in [-0.2, 0) is 16.1 Å². The zero-order chi connectivity index (χ0) is 22.0. The number of carbonyl (C=O) groups excluding carboxylic acids is 1. The van der Waals surface area contributed by atoms with Crippen LogP contribution >= 0.6 is 23.2 Å². The maximum absolute atomic E-state index is 12.7. The third-order valence-corrected chi connectivity index (χ3v) is 5.78. The van der Waals surface area contributed by atoms with Crippen LogP contribution in [0.4, 0.5) is 10.6 Å². The standard InChI is InChI=1S/C21H20Cl2N4O4/c22-14-1-2-15(17(23)8-14)16-11-27-18(7-13(16)9-25-21(29)30)24-10-19(27)26-20(28)12-3-5-31-6-4-12/h1-2,7-8,10-12,25H,3-6,9H2,(H,26,28)(H,29,30). The van der Waals surface area contributed by atoms with Crippen molar-refractivity contribution in [2.24, 2.45) is 5.92 Å². The number of pyridine rings is 1. The molecule has 1 fully saturated rings. The molecule has 0 spiro atoms. The fourth-order valence-corrected chi connectivity index (χ4v) is 4.12. The quantitative estimate of drug-likeness (QED) is 0.519. The molecular formula is C21H20Cl2N4O4. The van der Waals surface area contributed by atoms with Gasteiger partial charge in [-0.3, -0.25) is 9.20 Å². The Morgan fingerprint density at radius 1 is 1.19 bits per heavy atom. The number of imidazole rings is 1. The zero-order valence-electron chi connectivity index (χ0n) is 16.4. The van der Waals surface area contributed by atoms with Gasteiger partial charge in [-0.25, -0.2) is 9.78 Å². The van der Waals surface area contributed by atoms with Gasteiger partial charge in [0.1, 0.15) is 11.5 Å². The second-order valence-corrected chi connectivity index (χ2v) is 8.09. The predicted molar refractivity (Wildman–Crippen MR) is 118 cm³/mol. The predicted octanol–water partition coefficient (Wildman–Crippen LogP) is 4.44.